The van der Waals surface area contributed by atoms with Gasteiger partial charge in [-0.25, -0.2) is 0 Å². The molecule has 114 valence electrons. The Kier molecular flexibility index (Phi) is 6.30. The van der Waals surface area contributed by atoms with Gasteiger partial charge in [0, 0.05) is 36.6 Å². The monoisotopic (exact) mass is 315 g/mol. The highest BCUT2D eigenvalue weighted by atomic mass is 35.5. The van der Waals surface area contributed by atoms with Gasteiger partial charge in [0.05, 0.1) is 5.02 Å². The lowest BCUT2D eigenvalue weighted by molar-refractivity contribution is 0.101. The number of thiophene rings is 1. The molecule has 1 aliphatic heterocycles. The third-order valence-electron chi connectivity index (χ3n) is 4.09. The average molecular weight is 316 g/mol. The third kappa shape index (κ3) is 4.18. The first-order chi connectivity index (χ1) is 9.61. The third-order valence-corrected chi connectivity index (χ3v) is 5.56. The van der Waals surface area contributed by atoms with Crippen molar-refractivity contribution in [3.05, 3.63) is 21.3 Å². The van der Waals surface area contributed by atoms with E-state index in [0.717, 1.165) is 37.5 Å². The molecule has 0 radical (unpaired) electrons. The summed E-state index contributed by atoms with van der Waals surface area (Å²) < 4.78 is 0. The lowest BCUT2D eigenvalue weighted by Crippen LogP contribution is -2.51. The first-order valence-electron chi connectivity index (χ1n) is 7.46. The molecular weight excluding hydrogens is 290 g/mol. The van der Waals surface area contributed by atoms with E-state index in [2.05, 4.69) is 41.5 Å². The van der Waals surface area contributed by atoms with Crippen molar-refractivity contribution >= 4 is 22.9 Å². The molecule has 2 atom stereocenters. The number of rotatable bonds is 6. The van der Waals surface area contributed by atoms with E-state index >= 15 is 0 Å². The molecule has 0 spiro atoms. The summed E-state index contributed by atoms with van der Waals surface area (Å²) in [6.45, 7) is 6.72. The van der Waals surface area contributed by atoms with Gasteiger partial charge in [0.25, 0.3) is 0 Å². The summed E-state index contributed by atoms with van der Waals surface area (Å²) in [6.07, 6.45) is 2.28. The van der Waals surface area contributed by atoms with E-state index in [1.807, 2.05) is 6.07 Å². The van der Waals surface area contributed by atoms with Crippen LogP contribution in [0.25, 0.3) is 0 Å². The number of nitrogens with zero attached hydrogens (tertiary/aromatic N) is 2. The maximum absolute atomic E-state index is 6.34. The molecule has 5 heteroatoms. The summed E-state index contributed by atoms with van der Waals surface area (Å²) in [7, 11) is 4.46. The molecule has 0 bridgehead atoms. The second-order valence-corrected chi connectivity index (χ2v) is 7.13. The molecule has 1 aromatic rings. The van der Waals surface area contributed by atoms with E-state index in [4.69, 9.17) is 11.6 Å². The molecule has 20 heavy (non-hydrogen) atoms. The second-order valence-electron chi connectivity index (χ2n) is 5.77. The summed E-state index contributed by atoms with van der Waals surface area (Å²) in [6, 6.07) is 2.99. The van der Waals surface area contributed by atoms with E-state index in [1.165, 1.54) is 11.4 Å². The maximum Gasteiger partial charge on any atom is 0.0561 e. The van der Waals surface area contributed by atoms with Crippen LogP contribution in [0.1, 0.15) is 30.7 Å². The number of likely N-dealkylation sites (N-methyl/N-ethyl adjacent to an activating group) is 2. The SMILES string of the molecule is CCCNC(CC1CN(C)CCN1C)c1sccc1Cl. The zero-order valence-electron chi connectivity index (χ0n) is 12.7. The van der Waals surface area contributed by atoms with Gasteiger partial charge < -0.3 is 15.1 Å². The summed E-state index contributed by atoms with van der Waals surface area (Å²) in [5, 5.41) is 6.68. The molecule has 0 aromatic carbocycles. The minimum atomic E-state index is 0.376. The van der Waals surface area contributed by atoms with Gasteiger partial charge in [0.2, 0.25) is 0 Å². The van der Waals surface area contributed by atoms with Gasteiger partial charge in [-0.3, -0.25) is 0 Å². The van der Waals surface area contributed by atoms with Crippen LogP contribution in [-0.2, 0) is 0 Å². The zero-order valence-corrected chi connectivity index (χ0v) is 14.3. The largest absolute Gasteiger partial charge is 0.309 e. The van der Waals surface area contributed by atoms with Crippen molar-refractivity contribution < 1.29 is 0 Å². The normalized spacial score (nSPS) is 23.1. The number of nitrogens with one attached hydrogen (secondary N) is 1. The Balaban J connectivity index is 2.05. The van der Waals surface area contributed by atoms with E-state index in [9.17, 15) is 0 Å². The molecular formula is C15H26ClN3S. The Morgan fingerprint density at radius 3 is 2.90 bits per heavy atom. The molecule has 1 saturated heterocycles. The summed E-state index contributed by atoms with van der Waals surface area (Å²) in [5.41, 5.74) is 0. The van der Waals surface area contributed by atoms with Gasteiger partial charge in [0.1, 0.15) is 0 Å². The number of hydrogen-bond donors (Lipinski definition) is 1. The highest BCUT2D eigenvalue weighted by Crippen LogP contribution is 2.32. The molecule has 1 aromatic heterocycles. The molecule has 1 aliphatic rings. The van der Waals surface area contributed by atoms with Gasteiger partial charge in [0.15, 0.2) is 0 Å². The van der Waals surface area contributed by atoms with Crippen molar-refractivity contribution in [2.24, 2.45) is 0 Å². The fourth-order valence-electron chi connectivity index (χ4n) is 2.78. The molecule has 2 heterocycles. The van der Waals surface area contributed by atoms with Gasteiger partial charge in [-0.15, -0.1) is 11.3 Å². The van der Waals surface area contributed by atoms with Crippen molar-refractivity contribution in [3.8, 4) is 0 Å². The van der Waals surface area contributed by atoms with E-state index in [1.54, 1.807) is 11.3 Å². The molecule has 2 unspecified atom stereocenters. The molecule has 3 nitrogen and oxygen atoms in total. The Morgan fingerprint density at radius 2 is 2.25 bits per heavy atom. The minimum Gasteiger partial charge on any atom is -0.309 e. The summed E-state index contributed by atoms with van der Waals surface area (Å²) >= 11 is 8.11. The molecule has 0 saturated carbocycles. The second kappa shape index (κ2) is 7.76. The van der Waals surface area contributed by atoms with Crippen LogP contribution < -0.4 is 5.32 Å². The Bertz CT molecular complexity index is 410. The molecule has 1 N–H and O–H groups in total. The standard InChI is InChI=1S/C15H26ClN3S/c1-4-6-17-14(15-13(16)5-9-20-15)10-12-11-18(2)7-8-19(12)3/h5,9,12,14,17H,4,6-8,10-11H2,1-3H3. The van der Waals surface area contributed by atoms with Crippen LogP contribution in [0.5, 0.6) is 0 Å². The van der Waals surface area contributed by atoms with Gasteiger partial charge in [-0.1, -0.05) is 18.5 Å². The minimum absolute atomic E-state index is 0.376. The molecule has 0 aliphatic carbocycles. The van der Waals surface area contributed by atoms with Crippen LogP contribution in [-0.4, -0.2) is 56.1 Å². The van der Waals surface area contributed by atoms with Gasteiger partial charge in [-0.2, -0.15) is 0 Å². The molecule has 2 rings (SSSR count). The molecule has 1 fully saturated rings. The topological polar surface area (TPSA) is 18.5 Å². The van der Waals surface area contributed by atoms with Crippen LogP contribution in [0.4, 0.5) is 0 Å². The quantitative estimate of drug-likeness (QED) is 0.870. The van der Waals surface area contributed by atoms with Crippen molar-refractivity contribution in [2.75, 3.05) is 40.3 Å². The zero-order chi connectivity index (χ0) is 14.5. The van der Waals surface area contributed by atoms with E-state index in [-0.39, 0.29) is 0 Å². The summed E-state index contributed by atoms with van der Waals surface area (Å²) in [5.74, 6) is 0. The first kappa shape index (κ1) is 16.2. The van der Waals surface area contributed by atoms with Crippen molar-refractivity contribution in [1.82, 2.24) is 15.1 Å². The molecule has 0 amide bonds. The fraction of sp³-hybridized carbons (Fsp3) is 0.733. The van der Waals surface area contributed by atoms with E-state index in [0.29, 0.717) is 12.1 Å². The fourth-order valence-corrected chi connectivity index (χ4v) is 4.06. The van der Waals surface area contributed by atoms with Crippen molar-refractivity contribution in [2.45, 2.75) is 31.8 Å². The van der Waals surface area contributed by atoms with Crippen LogP contribution in [0, 0.1) is 0 Å². The number of hydrogen-bond acceptors (Lipinski definition) is 4. The number of halogens is 1. The van der Waals surface area contributed by atoms with E-state index < -0.39 is 0 Å². The lowest BCUT2D eigenvalue weighted by Gasteiger charge is -2.39. The highest BCUT2D eigenvalue weighted by molar-refractivity contribution is 7.10. The van der Waals surface area contributed by atoms with Gasteiger partial charge in [-0.05, 0) is 44.9 Å². The van der Waals surface area contributed by atoms with Crippen LogP contribution in [0.2, 0.25) is 5.02 Å². The van der Waals surface area contributed by atoms with Gasteiger partial charge >= 0.3 is 0 Å². The Morgan fingerprint density at radius 1 is 1.45 bits per heavy atom. The lowest BCUT2D eigenvalue weighted by atomic mass is 10.0. The predicted octanol–water partition coefficient (Wildman–Crippen LogP) is 3.08. The van der Waals surface area contributed by atoms with Crippen LogP contribution >= 0.6 is 22.9 Å². The number of piperazine rings is 1. The summed E-state index contributed by atoms with van der Waals surface area (Å²) in [4.78, 5) is 6.21. The van der Waals surface area contributed by atoms with Crippen molar-refractivity contribution in [1.29, 1.82) is 0 Å². The highest BCUT2D eigenvalue weighted by Gasteiger charge is 2.27. The average Bonchev–Trinajstić information content (AvgIpc) is 2.84. The maximum atomic E-state index is 6.34. The van der Waals surface area contributed by atoms with Crippen LogP contribution in [0.3, 0.4) is 0 Å². The predicted molar refractivity (Wildman–Crippen MR) is 88.9 cm³/mol. The van der Waals surface area contributed by atoms with Crippen molar-refractivity contribution in [3.63, 3.8) is 0 Å². The Hall–Kier alpha value is -0.130. The van der Waals surface area contributed by atoms with Crippen LogP contribution in [0.15, 0.2) is 11.4 Å². The first-order valence-corrected chi connectivity index (χ1v) is 8.72. The smallest absolute Gasteiger partial charge is 0.0561 e. The Labute approximate surface area is 131 Å².